The van der Waals surface area contributed by atoms with Gasteiger partial charge >= 0.3 is 0 Å². The van der Waals surface area contributed by atoms with Crippen molar-refractivity contribution >= 4 is 32.8 Å². The standard InChI is InChI=1S/C24H28FN3O5S/c1-4-16-13-19-20(23(29)26-2)21(17-5-7-18(25)8-6-17)33-24(19)27-22(16)28(34(3,30)31)14-15-9-11-32-12-10-15/h5-8,13,15H,4,9-12,14H2,1-3H3,(H,26,29). The van der Waals surface area contributed by atoms with Crippen molar-refractivity contribution in [3.63, 3.8) is 0 Å². The summed E-state index contributed by atoms with van der Waals surface area (Å²) in [6.07, 6.45) is 3.21. The summed E-state index contributed by atoms with van der Waals surface area (Å²) in [6, 6.07) is 7.38. The predicted octanol–water partition coefficient (Wildman–Crippen LogP) is 3.75. The zero-order valence-electron chi connectivity index (χ0n) is 19.4. The molecule has 0 atom stereocenters. The number of amides is 1. The maximum Gasteiger partial charge on any atom is 0.255 e. The number of sulfonamides is 1. The first-order chi connectivity index (χ1) is 16.2. The molecule has 0 aliphatic carbocycles. The number of pyridine rings is 1. The second-order valence-corrected chi connectivity index (χ2v) is 10.3. The van der Waals surface area contributed by atoms with Crippen LogP contribution in [0, 0.1) is 11.7 Å². The fraction of sp³-hybridized carbons (Fsp3) is 0.417. The molecule has 1 aliphatic heterocycles. The molecular weight excluding hydrogens is 461 g/mol. The van der Waals surface area contributed by atoms with E-state index in [1.54, 1.807) is 6.07 Å². The minimum atomic E-state index is -3.63. The number of carbonyl (C=O) groups is 1. The molecule has 34 heavy (non-hydrogen) atoms. The van der Waals surface area contributed by atoms with Crippen LogP contribution in [0.1, 0.15) is 35.7 Å². The highest BCUT2D eigenvalue weighted by molar-refractivity contribution is 7.92. The third-order valence-electron chi connectivity index (χ3n) is 6.08. The third-order valence-corrected chi connectivity index (χ3v) is 7.20. The highest BCUT2D eigenvalue weighted by Gasteiger charge is 2.29. The van der Waals surface area contributed by atoms with E-state index in [0.29, 0.717) is 48.5 Å². The molecule has 3 aromatic rings. The van der Waals surface area contributed by atoms with E-state index in [-0.39, 0.29) is 28.9 Å². The van der Waals surface area contributed by atoms with Gasteiger partial charge < -0.3 is 14.5 Å². The summed E-state index contributed by atoms with van der Waals surface area (Å²) in [5.74, 6) is -0.0921. The van der Waals surface area contributed by atoms with Gasteiger partial charge in [-0.1, -0.05) is 6.92 Å². The molecule has 0 bridgehead atoms. The Morgan fingerprint density at radius 1 is 1.24 bits per heavy atom. The summed E-state index contributed by atoms with van der Waals surface area (Å²) < 4.78 is 51.9. The monoisotopic (exact) mass is 489 g/mol. The highest BCUT2D eigenvalue weighted by atomic mass is 32.2. The van der Waals surface area contributed by atoms with E-state index in [1.165, 1.54) is 41.9 Å². The van der Waals surface area contributed by atoms with Crippen LogP contribution in [0.5, 0.6) is 0 Å². The molecule has 2 aromatic heterocycles. The summed E-state index contributed by atoms with van der Waals surface area (Å²) >= 11 is 0. The number of furan rings is 1. The van der Waals surface area contributed by atoms with Gasteiger partial charge in [-0.15, -0.1) is 0 Å². The lowest BCUT2D eigenvalue weighted by Gasteiger charge is -2.30. The van der Waals surface area contributed by atoms with Gasteiger partial charge in [-0.3, -0.25) is 9.10 Å². The number of carbonyl (C=O) groups excluding carboxylic acids is 1. The molecule has 1 aromatic carbocycles. The Balaban J connectivity index is 1.89. The zero-order valence-corrected chi connectivity index (χ0v) is 20.2. The van der Waals surface area contributed by atoms with Crippen LogP contribution in [0.2, 0.25) is 0 Å². The maximum atomic E-state index is 13.5. The normalized spacial score (nSPS) is 14.9. The van der Waals surface area contributed by atoms with Crippen LogP contribution in [0.4, 0.5) is 10.2 Å². The van der Waals surface area contributed by atoms with Crippen LogP contribution in [0.3, 0.4) is 0 Å². The number of nitrogens with zero attached hydrogens (tertiary/aromatic N) is 2. The Morgan fingerprint density at radius 3 is 2.50 bits per heavy atom. The number of anilines is 1. The summed E-state index contributed by atoms with van der Waals surface area (Å²) in [5.41, 5.74) is 1.61. The van der Waals surface area contributed by atoms with Crippen LogP contribution in [-0.4, -0.2) is 52.4 Å². The van der Waals surface area contributed by atoms with Gasteiger partial charge in [-0.2, -0.15) is 4.98 Å². The van der Waals surface area contributed by atoms with Crippen LogP contribution in [0.15, 0.2) is 34.7 Å². The topological polar surface area (TPSA) is 102 Å². The number of aryl methyl sites for hydroxylation is 1. The summed E-state index contributed by atoms with van der Waals surface area (Å²) in [4.78, 5) is 17.4. The van der Waals surface area contributed by atoms with Crippen molar-refractivity contribution in [1.82, 2.24) is 10.3 Å². The minimum absolute atomic E-state index is 0.144. The van der Waals surface area contributed by atoms with Gasteiger partial charge in [0.05, 0.1) is 17.2 Å². The molecule has 1 fully saturated rings. The number of halogens is 1. The number of rotatable bonds is 7. The Hall–Kier alpha value is -2.98. The Labute approximate surface area is 198 Å². The number of aromatic nitrogens is 1. The van der Waals surface area contributed by atoms with E-state index >= 15 is 0 Å². The molecule has 0 spiro atoms. The predicted molar refractivity (Wildman–Crippen MR) is 128 cm³/mol. The van der Waals surface area contributed by atoms with Gasteiger partial charge in [0, 0.05) is 32.4 Å². The first-order valence-electron chi connectivity index (χ1n) is 11.2. The average Bonchev–Trinajstić information content (AvgIpc) is 3.20. The van der Waals surface area contributed by atoms with E-state index in [1.807, 2.05) is 6.92 Å². The van der Waals surface area contributed by atoms with E-state index in [4.69, 9.17) is 9.15 Å². The summed E-state index contributed by atoms with van der Waals surface area (Å²) in [5, 5.41) is 3.09. The van der Waals surface area contributed by atoms with Crippen molar-refractivity contribution in [1.29, 1.82) is 0 Å². The van der Waals surface area contributed by atoms with Crippen molar-refractivity contribution in [2.24, 2.45) is 5.92 Å². The number of ether oxygens (including phenoxy) is 1. The first-order valence-corrected chi connectivity index (χ1v) is 13.1. The molecule has 0 unspecified atom stereocenters. The smallest absolute Gasteiger partial charge is 0.255 e. The van der Waals surface area contributed by atoms with Crippen molar-refractivity contribution in [3.8, 4) is 11.3 Å². The number of fused-ring (bicyclic) bond motifs is 1. The molecule has 1 N–H and O–H groups in total. The Bertz CT molecular complexity index is 1300. The zero-order chi connectivity index (χ0) is 24.5. The van der Waals surface area contributed by atoms with Crippen LogP contribution in [0.25, 0.3) is 22.4 Å². The summed E-state index contributed by atoms with van der Waals surface area (Å²) in [6.45, 7) is 3.40. The molecular formula is C24H28FN3O5S. The molecule has 8 nitrogen and oxygen atoms in total. The second-order valence-electron chi connectivity index (χ2n) is 8.42. The molecule has 10 heteroatoms. The highest BCUT2D eigenvalue weighted by Crippen LogP contribution is 2.36. The summed E-state index contributed by atoms with van der Waals surface area (Å²) in [7, 11) is -2.12. The lowest BCUT2D eigenvalue weighted by Crippen LogP contribution is -2.37. The molecule has 1 amide bonds. The average molecular weight is 490 g/mol. The fourth-order valence-electron chi connectivity index (χ4n) is 4.23. The Morgan fingerprint density at radius 2 is 1.91 bits per heavy atom. The van der Waals surface area contributed by atoms with Crippen LogP contribution < -0.4 is 9.62 Å². The van der Waals surface area contributed by atoms with Crippen molar-refractivity contribution in [2.45, 2.75) is 26.2 Å². The number of hydrogen-bond donors (Lipinski definition) is 1. The van der Waals surface area contributed by atoms with E-state index in [0.717, 1.165) is 12.8 Å². The van der Waals surface area contributed by atoms with Gasteiger partial charge in [0.1, 0.15) is 17.4 Å². The largest absolute Gasteiger partial charge is 0.437 e. The second kappa shape index (κ2) is 9.71. The SMILES string of the molecule is CCc1cc2c(C(=O)NC)c(-c3ccc(F)cc3)oc2nc1N(CC1CCOCC1)S(C)(=O)=O. The molecule has 4 rings (SSSR count). The van der Waals surface area contributed by atoms with E-state index in [9.17, 15) is 17.6 Å². The quantitative estimate of drug-likeness (QED) is 0.542. The van der Waals surface area contributed by atoms with Crippen molar-refractivity contribution in [2.75, 3.05) is 37.4 Å². The molecule has 1 saturated heterocycles. The van der Waals surface area contributed by atoms with E-state index in [2.05, 4.69) is 10.3 Å². The third kappa shape index (κ3) is 4.78. The molecule has 0 saturated carbocycles. The van der Waals surface area contributed by atoms with Gasteiger partial charge in [0.15, 0.2) is 0 Å². The van der Waals surface area contributed by atoms with E-state index < -0.39 is 15.8 Å². The van der Waals surface area contributed by atoms with Crippen LogP contribution in [-0.2, 0) is 21.2 Å². The molecule has 182 valence electrons. The van der Waals surface area contributed by atoms with Gasteiger partial charge in [-0.05, 0) is 61.1 Å². The van der Waals surface area contributed by atoms with Crippen LogP contribution >= 0.6 is 0 Å². The molecule has 1 aliphatic rings. The number of nitrogens with one attached hydrogen (secondary N) is 1. The van der Waals surface area contributed by atoms with Gasteiger partial charge in [0.2, 0.25) is 15.7 Å². The van der Waals surface area contributed by atoms with Gasteiger partial charge in [0.25, 0.3) is 5.91 Å². The number of hydrogen-bond acceptors (Lipinski definition) is 6. The maximum absolute atomic E-state index is 13.5. The molecule has 3 heterocycles. The first kappa shape index (κ1) is 24.2. The number of benzene rings is 1. The van der Waals surface area contributed by atoms with Crippen molar-refractivity contribution < 1.29 is 26.8 Å². The fourth-order valence-corrected chi connectivity index (χ4v) is 5.18. The lowest BCUT2D eigenvalue weighted by molar-refractivity contribution is 0.0690. The Kier molecular flexibility index (Phi) is 6.90. The lowest BCUT2D eigenvalue weighted by atomic mass is 10.00. The van der Waals surface area contributed by atoms with Crippen molar-refractivity contribution in [3.05, 3.63) is 47.3 Å². The molecule has 0 radical (unpaired) electrons. The van der Waals surface area contributed by atoms with Gasteiger partial charge in [-0.25, -0.2) is 12.8 Å². The minimum Gasteiger partial charge on any atom is -0.437 e.